The second kappa shape index (κ2) is 6.98. The molecule has 2 aromatic carbocycles. The highest BCUT2D eigenvalue weighted by Crippen LogP contribution is 2.31. The summed E-state index contributed by atoms with van der Waals surface area (Å²) in [5.74, 6) is -0.460. The number of carbonyl (C=O) groups excluding carboxylic acids is 1. The van der Waals surface area contributed by atoms with Crippen molar-refractivity contribution in [2.75, 3.05) is 10.0 Å². The molecule has 2 rings (SSSR count). The number of amides is 1. The maximum atomic E-state index is 12.7. The van der Waals surface area contributed by atoms with Gasteiger partial charge >= 0.3 is 6.18 Å². The molecule has 0 heterocycles. The summed E-state index contributed by atoms with van der Waals surface area (Å²) in [6, 6.07) is 9.00. The minimum atomic E-state index is -4.58. The Hall–Kier alpha value is -2.81. The average molecular weight is 370 g/mol. The van der Waals surface area contributed by atoms with Gasteiger partial charge in [0, 0.05) is 11.4 Å². The van der Waals surface area contributed by atoms with Gasteiger partial charge in [-0.15, -0.1) is 0 Å². The molecular weight excluding hydrogens is 357 g/mol. The van der Waals surface area contributed by atoms with E-state index in [1.807, 2.05) is 0 Å². The van der Waals surface area contributed by atoms with Crippen molar-refractivity contribution in [2.24, 2.45) is 0 Å². The molecule has 0 bridgehead atoms. The zero-order valence-electron chi connectivity index (χ0n) is 12.7. The molecule has 0 spiro atoms. The first-order valence-electron chi connectivity index (χ1n) is 6.85. The van der Waals surface area contributed by atoms with Gasteiger partial charge in [0.05, 0.1) is 10.5 Å². The van der Waals surface area contributed by atoms with Crippen molar-refractivity contribution in [3.8, 4) is 0 Å². The SMILES string of the molecule is C=CC(=O)Nc1ccc(S(=O)(=O)Nc2cccc(C(F)(F)F)c2)cc1. The fourth-order valence-corrected chi connectivity index (χ4v) is 2.93. The Labute approximate surface area is 142 Å². The Bertz CT molecular complexity index is 892. The molecule has 0 atom stereocenters. The van der Waals surface area contributed by atoms with Crippen LogP contribution < -0.4 is 10.0 Å². The summed E-state index contributed by atoms with van der Waals surface area (Å²) in [5, 5.41) is 2.45. The molecule has 0 unspecified atom stereocenters. The fourth-order valence-electron chi connectivity index (χ4n) is 1.88. The number of halogens is 3. The third kappa shape index (κ3) is 4.83. The van der Waals surface area contributed by atoms with E-state index in [1.54, 1.807) is 0 Å². The van der Waals surface area contributed by atoms with Gasteiger partial charge in [0.25, 0.3) is 10.0 Å². The first-order valence-corrected chi connectivity index (χ1v) is 8.34. The summed E-state index contributed by atoms with van der Waals surface area (Å²) in [6.45, 7) is 3.29. The summed E-state index contributed by atoms with van der Waals surface area (Å²) >= 11 is 0. The van der Waals surface area contributed by atoms with Crippen LogP contribution in [0.25, 0.3) is 0 Å². The van der Waals surface area contributed by atoms with Gasteiger partial charge < -0.3 is 5.32 Å². The fraction of sp³-hybridized carbons (Fsp3) is 0.0625. The lowest BCUT2D eigenvalue weighted by Gasteiger charge is -2.11. The highest BCUT2D eigenvalue weighted by atomic mass is 32.2. The van der Waals surface area contributed by atoms with Crippen molar-refractivity contribution in [2.45, 2.75) is 11.1 Å². The second-order valence-corrected chi connectivity index (χ2v) is 6.58. The molecule has 5 nitrogen and oxygen atoms in total. The van der Waals surface area contributed by atoms with Crippen molar-refractivity contribution in [1.82, 2.24) is 0 Å². The van der Waals surface area contributed by atoms with Gasteiger partial charge in [-0.1, -0.05) is 12.6 Å². The van der Waals surface area contributed by atoms with Gasteiger partial charge in [-0.2, -0.15) is 13.2 Å². The van der Waals surface area contributed by atoms with Crippen LogP contribution in [-0.4, -0.2) is 14.3 Å². The molecule has 2 aromatic rings. The lowest BCUT2D eigenvalue weighted by atomic mass is 10.2. The van der Waals surface area contributed by atoms with Gasteiger partial charge in [0.15, 0.2) is 0 Å². The summed E-state index contributed by atoms with van der Waals surface area (Å²) < 4.78 is 64.6. The monoisotopic (exact) mass is 370 g/mol. The van der Waals surface area contributed by atoms with Crippen molar-refractivity contribution < 1.29 is 26.4 Å². The highest BCUT2D eigenvalue weighted by molar-refractivity contribution is 7.92. The van der Waals surface area contributed by atoms with E-state index in [1.165, 1.54) is 30.3 Å². The molecule has 0 aromatic heterocycles. The van der Waals surface area contributed by atoms with Crippen LogP contribution in [0.1, 0.15) is 5.56 Å². The van der Waals surface area contributed by atoms with E-state index in [9.17, 15) is 26.4 Å². The number of sulfonamides is 1. The number of hydrogen-bond acceptors (Lipinski definition) is 3. The minimum Gasteiger partial charge on any atom is -0.323 e. The first-order chi connectivity index (χ1) is 11.6. The van der Waals surface area contributed by atoms with Crippen LogP contribution in [0.3, 0.4) is 0 Å². The van der Waals surface area contributed by atoms with Gasteiger partial charge in [0.2, 0.25) is 5.91 Å². The molecule has 0 radical (unpaired) electrons. The normalized spacial score (nSPS) is 11.6. The van der Waals surface area contributed by atoms with E-state index in [2.05, 4.69) is 16.6 Å². The van der Waals surface area contributed by atoms with E-state index in [4.69, 9.17) is 0 Å². The summed E-state index contributed by atoms with van der Waals surface area (Å²) in [7, 11) is -4.08. The third-order valence-electron chi connectivity index (χ3n) is 3.06. The molecule has 0 aliphatic carbocycles. The first kappa shape index (κ1) is 18.5. The molecule has 0 saturated carbocycles. The minimum absolute atomic E-state index is 0.165. The van der Waals surface area contributed by atoms with Crippen LogP contribution in [0.15, 0.2) is 66.1 Å². The van der Waals surface area contributed by atoms with Crippen LogP contribution in [-0.2, 0) is 21.0 Å². The largest absolute Gasteiger partial charge is 0.416 e. The Morgan fingerprint density at radius 2 is 1.68 bits per heavy atom. The van der Waals surface area contributed by atoms with Crippen LogP contribution in [0, 0.1) is 0 Å². The average Bonchev–Trinajstić information content (AvgIpc) is 2.54. The maximum absolute atomic E-state index is 12.7. The van der Waals surface area contributed by atoms with E-state index in [0.29, 0.717) is 11.8 Å². The highest BCUT2D eigenvalue weighted by Gasteiger charge is 2.30. The third-order valence-corrected chi connectivity index (χ3v) is 4.46. The van der Waals surface area contributed by atoms with Crippen LogP contribution in [0.5, 0.6) is 0 Å². The molecule has 0 saturated heterocycles. The maximum Gasteiger partial charge on any atom is 0.416 e. The molecule has 1 amide bonds. The van der Waals surface area contributed by atoms with E-state index >= 15 is 0 Å². The lowest BCUT2D eigenvalue weighted by Crippen LogP contribution is -2.14. The second-order valence-electron chi connectivity index (χ2n) is 4.90. The van der Waals surface area contributed by atoms with Crippen molar-refractivity contribution in [3.05, 3.63) is 66.7 Å². The number of nitrogens with one attached hydrogen (secondary N) is 2. The number of hydrogen-bond donors (Lipinski definition) is 2. The summed E-state index contributed by atoms with van der Waals surface area (Å²) in [4.78, 5) is 11.0. The van der Waals surface area contributed by atoms with Crippen molar-refractivity contribution >= 4 is 27.3 Å². The molecule has 0 aliphatic rings. The van der Waals surface area contributed by atoms with Crippen LogP contribution in [0.2, 0.25) is 0 Å². The van der Waals surface area contributed by atoms with Gasteiger partial charge in [-0.25, -0.2) is 8.42 Å². The Kier molecular flexibility index (Phi) is 5.17. The number of benzene rings is 2. The van der Waals surface area contributed by atoms with Gasteiger partial charge in [-0.05, 0) is 48.5 Å². The predicted octanol–water partition coefficient (Wildman–Crippen LogP) is 3.63. The summed E-state index contributed by atoms with van der Waals surface area (Å²) in [6.07, 6.45) is -3.52. The standard InChI is InChI=1S/C16H13F3N2O3S/c1-2-15(22)20-12-6-8-14(9-7-12)25(23,24)21-13-5-3-4-11(10-13)16(17,18)19/h2-10,21H,1H2,(H,20,22). The predicted molar refractivity (Wildman–Crippen MR) is 87.5 cm³/mol. The quantitative estimate of drug-likeness (QED) is 0.789. The van der Waals surface area contributed by atoms with Gasteiger partial charge in [0.1, 0.15) is 0 Å². The Morgan fingerprint density at radius 1 is 1.04 bits per heavy atom. The molecule has 9 heteroatoms. The molecule has 2 N–H and O–H groups in total. The molecule has 25 heavy (non-hydrogen) atoms. The summed E-state index contributed by atoms with van der Waals surface area (Å²) in [5.41, 5.74) is -0.822. The lowest BCUT2D eigenvalue weighted by molar-refractivity contribution is -0.137. The van der Waals surface area contributed by atoms with Gasteiger partial charge in [-0.3, -0.25) is 9.52 Å². The number of anilines is 2. The molecule has 0 fully saturated rings. The Morgan fingerprint density at radius 3 is 2.24 bits per heavy atom. The number of alkyl halides is 3. The molecule has 132 valence electrons. The molecular formula is C16H13F3N2O3S. The number of rotatable bonds is 5. The number of carbonyl (C=O) groups is 1. The van der Waals surface area contributed by atoms with Crippen LogP contribution >= 0.6 is 0 Å². The van der Waals surface area contributed by atoms with E-state index in [-0.39, 0.29) is 10.6 Å². The van der Waals surface area contributed by atoms with E-state index in [0.717, 1.165) is 18.2 Å². The molecule has 0 aliphatic heterocycles. The van der Waals surface area contributed by atoms with E-state index < -0.39 is 27.7 Å². The zero-order chi connectivity index (χ0) is 18.7. The van der Waals surface area contributed by atoms with Crippen LogP contribution in [0.4, 0.5) is 24.5 Å². The topological polar surface area (TPSA) is 75.3 Å². The van der Waals surface area contributed by atoms with Crippen molar-refractivity contribution in [3.63, 3.8) is 0 Å². The zero-order valence-corrected chi connectivity index (χ0v) is 13.5. The Balaban J connectivity index is 2.22. The van der Waals surface area contributed by atoms with Crippen molar-refractivity contribution in [1.29, 1.82) is 0 Å². The smallest absolute Gasteiger partial charge is 0.323 e.